The lowest BCUT2D eigenvalue weighted by atomic mass is 10.4. The van der Waals surface area contributed by atoms with E-state index in [2.05, 4.69) is 16.5 Å². The van der Waals surface area contributed by atoms with E-state index in [0.717, 1.165) is 0 Å². The van der Waals surface area contributed by atoms with E-state index in [1.807, 2.05) is 0 Å². The van der Waals surface area contributed by atoms with Crippen LogP contribution < -0.4 is 0 Å². The normalized spacial score (nSPS) is 8.89. The van der Waals surface area contributed by atoms with Gasteiger partial charge in [0.25, 0.3) is 0 Å². The van der Waals surface area contributed by atoms with Crippen molar-refractivity contribution >= 4 is 5.76 Å². The zero-order chi connectivity index (χ0) is 6.69. The van der Waals surface area contributed by atoms with E-state index in [9.17, 15) is 0 Å². The van der Waals surface area contributed by atoms with Crippen LogP contribution in [-0.2, 0) is 0 Å². The first-order chi connectivity index (χ1) is 4.30. The molecule has 1 rings (SSSR count). The molecule has 0 radical (unpaired) electrons. The van der Waals surface area contributed by atoms with Gasteiger partial charge in [-0.2, -0.15) is 0 Å². The maximum atomic E-state index is 8.74. The van der Waals surface area contributed by atoms with Crippen LogP contribution in [0.4, 0.5) is 0 Å². The molecule has 46 valence electrons. The number of hydrogen-bond donors (Lipinski definition) is 1. The van der Waals surface area contributed by atoms with Gasteiger partial charge in [-0.1, -0.05) is 6.58 Å². The lowest BCUT2D eigenvalue weighted by Crippen LogP contribution is -1.85. The van der Waals surface area contributed by atoms with E-state index in [-0.39, 0.29) is 5.76 Å². The van der Waals surface area contributed by atoms with E-state index >= 15 is 0 Å². The molecule has 0 atom stereocenters. The molecule has 0 aromatic carbocycles. The van der Waals surface area contributed by atoms with Gasteiger partial charge in [-0.3, -0.25) is 0 Å². The Kier molecular flexibility index (Phi) is 1.44. The molecular formula is C6H6N2O. The second-order valence-electron chi connectivity index (χ2n) is 1.54. The quantitative estimate of drug-likeness (QED) is 0.565. The summed E-state index contributed by atoms with van der Waals surface area (Å²) in [5.74, 6) is -0.0302. The Morgan fingerprint density at radius 3 is 2.78 bits per heavy atom. The molecule has 1 aromatic rings. The minimum Gasteiger partial charge on any atom is -0.506 e. The predicted octanol–water partition coefficient (Wildman–Crippen LogP) is 1.01. The maximum absolute atomic E-state index is 8.74. The Labute approximate surface area is 52.7 Å². The van der Waals surface area contributed by atoms with Crippen molar-refractivity contribution in [1.82, 2.24) is 9.97 Å². The molecule has 9 heavy (non-hydrogen) atoms. The molecule has 0 aliphatic rings. The van der Waals surface area contributed by atoms with Crippen LogP contribution in [0.15, 0.2) is 25.2 Å². The first kappa shape index (κ1) is 5.75. The van der Waals surface area contributed by atoms with Crippen LogP contribution in [0.1, 0.15) is 5.69 Å². The van der Waals surface area contributed by atoms with Crippen molar-refractivity contribution in [2.45, 2.75) is 0 Å². The summed E-state index contributed by atoms with van der Waals surface area (Å²) in [4.78, 5) is 7.38. The highest BCUT2D eigenvalue weighted by molar-refractivity contribution is 5.50. The Bertz CT molecular complexity index is 208. The zero-order valence-corrected chi connectivity index (χ0v) is 4.78. The molecule has 0 fully saturated rings. The van der Waals surface area contributed by atoms with Crippen LogP contribution in [0.2, 0.25) is 0 Å². The van der Waals surface area contributed by atoms with Gasteiger partial charge in [0.2, 0.25) is 0 Å². The molecule has 0 unspecified atom stereocenters. The van der Waals surface area contributed by atoms with Crippen molar-refractivity contribution in [3.63, 3.8) is 0 Å². The summed E-state index contributed by atoms with van der Waals surface area (Å²) >= 11 is 0. The van der Waals surface area contributed by atoms with E-state index < -0.39 is 0 Å². The second-order valence-corrected chi connectivity index (χ2v) is 1.54. The molecular weight excluding hydrogens is 116 g/mol. The summed E-state index contributed by atoms with van der Waals surface area (Å²) in [6.07, 6.45) is 2.90. The summed E-state index contributed by atoms with van der Waals surface area (Å²) in [6.45, 7) is 3.29. The molecule has 3 heteroatoms. The number of nitrogens with zero attached hydrogens (tertiary/aromatic N) is 2. The van der Waals surface area contributed by atoms with Crippen molar-refractivity contribution < 1.29 is 5.11 Å². The van der Waals surface area contributed by atoms with E-state index in [4.69, 9.17) is 5.11 Å². The molecule has 0 spiro atoms. The first-order valence-corrected chi connectivity index (χ1v) is 2.45. The topological polar surface area (TPSA) is 46.0 Å². The third kappa shape index (κ3) is 1.25. The standard InChI is InChI=1S/C6H6N2O/c1-5(9)6-2-3-7-4-8-6/h2-4,9H,1H2. The fraction of sp³-hybridized carbons (Fsp3) is 0. The lowest BCUT2D eigenvalue weighted by molar-refractivity contribution is 0.510. The fourth-order valence-electron chi connectivity index (χ4n) is 0.461. The predicted molar refractivity (Wildman–Crippen MR) is 33.7 cm³/mol. The highest BCUT2D eigenvalue weighted by Gasteiger charge is 1.91. The van der Waals surface area contributed by atoms with Gasteiger partial charge in [0.1, 0.15) is 17.8 Å². The van der Waals surface area contributed by atoms with Gasteiger partial charge in [0, 0.05) is 6.20 Å². The van der Waals surface area contributed by atoms with Crippen LogP contribution >= 0.6 is 0 Å². The van der Waals surface area contributed by atoms with Crippen LogP contribution in [0.3, 0.4) is 0 Å². The Morgan fingerprint density at radius 1 is 1.67 bits per heavy atom. The minimum atomic E-state index is -0.0302. The Hall–Kier alpha value is -1.38. The van der Waals surface area contributed by atoms with Crippen molar-refractivity contribution in [3.8, 4) is 0 Å². The van der Waals surface area contributed by atoms with Gasteiger partial charge < -0.3 is 5.11 Å². The third-order valence-electron chi connectivity index (χ3n) is 0.878. The molecule has 1 N–H and O–H groups in total. The average Bonchev–Trinajstić information content (AvgIpc) is 1.90. The monoisotopic (exact) mass is 122 g/mol. The number of aliphatic hydroxyl groups is 1. The first-order valence-electron chi connectivity index (χ1n) is 2.45. The zero-order valence-electron chi connectivity index (χ0n) is 4.78. The molecule has 0 amide bonds. The SMILES string of the molecule is C=C(O)c1ccncn1. The number of rotatable bonds is 1. The van der Waals surface area contributed by atoms with Crippen molar-refractivity contribution in [1.29, 1.82) is 0 Å². The summed E-state index contributed by atoms with van der Waals surface area (Å²) in [6, 6.07) is 1.59. The largest absolute Gasteiger partial charge is 0.506 e. The summed E-state index contributed by atoms with van der Waals surface area (Å²) in [5, 5.41) is 8.74. The van der Waals surface area contributed by atoms with Crippen molar-refractivity contribution in [3.05, 3.63) is 30.9 Å². The summed E-state index contributed by atoms with van der Waals surface area (Å²) in [5.41, 5.74) is 0.463. The molecule has 0 aliphatic carbocycles. The van der Waals surface area contributed by atoms with Crippen LogP contribution in [0, 0.1) is 0 Å². The maximum Gasteiger partial charge on any atom is 0.134 e. The second kappa shape index (κ2) is 2.26. The van der Waals surface area contributed by atoms with Gasteiger partial charge in [0.15, 0.2) is 0 Å². The van der Waals surface area contributed by atoms with E-state index in [1.54, 1.807) is 12.3 Å². The van der Waals surface area contributed by atoms with Gasteiger partial charge in [-0.05, 0) is 6.07 Å². The number of aromatic nitrogens is 2. The Balaban J connectivity index is 2.98. The molecule has 1 heterocycles. The van der Waals surface area contributed by atoms with Gasteiger partial charge in [-0.15, -0.1) is 0 Å². The fourth-order valence-corrected chi connectivity index (χ4v) is 0.461. The van der Waals surface area contributed by atoms with Gasteiger partial charge in [0.05, 0.1) is 0 Å². The highest BCUT2D eigenvalue weighted by atomic mass is 16.3. The van der Waals surface area contributed by atoms with Crippen molar-refractivity contribution in [2.24, 2.45) is 0 Å². The molecule has 3 nitrogen and oxygen atoms in total. The lowest BCUT2D eigenvalue weighted by Gasteiger charge is -1.91. The van der Waals surface area contributed by atoms with Crippen molar-refractivity contribution in [2.75, 3.05) is 0 Å². The Morgan fingerprint density at radius 2 is 2.44 bits per heavy atom. The number of hydrogen-bond acceptors (Lipinski definition) is 3. The van der Waals surface area contributed by atoms with Gasteiger partial charge >= 0.3 is 0 Å². The van der Waals surface area contributed by atoms with Crippen LogP contribution in [0.5, 0.6) is 0 Å². The third-order valence-corrected chi connectivity index (χ3v) is 0.878. The molecule has 0 saturated carbocycles. The van der Waals surface area contributed by atoms with E-state index in [0.29, 0.717) is 5.69 Å². The summed E-state index contributed by atoms with van der Waals surface area (Å²) < 4.78 is 0. The van der Waals surface area contributed by atoms with Crippen LogP contribution in [0.25, 0.3) is 5.76 Å². The molecule has 0 bridgehead atoms. The molecule has 0 saturated heterocycles. The smallest absolute Gasteiger partial charge is 0.134 e. The molecule has 0 aliphatic heterocycles. The minimum absolute atomic E-state index is 0.0302. The van der Waals surface area contributed by atoms with Crippen LogP contribution in [-0.4, -0.2) is 15.1 Å². The number of aliphatic hydroxyl groups excluding tert-OH is 1. The summed E-state index contributed by atoms with van der Waals surface area (Å²) in [7, 11) is 0. The molecule has 1 aromatic heterocycles. The highest BCUT2D eigenvalue weighted by Crippen LogP contribution is 2.00. The average molecular weight is 122 g/mol. The van der Waals surface area contributed by atoms with E-state index in [1.165, 1.54) is 6.33 Å². The van der Waals surface area contributed by atoms with Gasteiger partial charge in [-0.25, -0.2) is 9.97 Å².